The zero-order valence-corrected chi connectivity index (χ0v) is 14.7. The fourth-order valence-electron chi connectivity index (χ4n) is 2.83. The topological polar surface area (TPSA) is 57.7 Å². The highest BCUT2D eigenvalue weighted by Gasteiger charge is 2.18. The van der Waals surface area contributed by atoms with E-state index < -0.39 is 5.82 Å². The van der Waals surface area contributed by atoms with Crippen molar-refractivity contribution in [1.29, 1.82) is 0 Å². The summed E-state index contributed by atoms with van der Waals surface area (Å²) in [6.07, 6.45) is 0.741. The number of fused-ring (bicyclic) bond motifs is 2. The zero-order chi connectivity index (χ0) is 17.9. The van der Waals surface area contributed by atoms with Gasteiger partial charge in [0.1, 0.15) is 18.2 Å². The van der Waals surface area contributed by atoms with Crippen LogP contribution in [0.15, 0.2) is 36.4 Å². The third-order valence-electron chi connectivity index (χ3n) is 4.02. The number of halogens is 1. The van der Waals surface area contributed by atoms with Crippen LogP contribution in [-0.4, -0.2) is 17.7 Å². The van der Waals surface area contributed by atoms with E-state index in [1.165, 1.54) is 12.1 Å². The van der Waals surface area contributed by atoms with Crippen molar-refractivity contribution in [3.05, 3.63) is 58.3 Å². The van der Waals surface area contributed by atoms with Gasteiger partial charge in [0, 0.05) is 17.5 Å². The van der Waals surface area contributed by atoms with Crippen molar-refractivity contribution in [2.45, 2.75) is 26.1 Å². The Bertz CT molecular complexity index is 923. The summed E-state index contributed by atoms with van der Waals surface area (Å²) in [5, 5.41) is 0.895. The molecule has 0 aliphatic carbocycles. The monoisotopic (exact) mass is 373 g/mol. The van der Waals surface area contributed by atoms with Crippen molar-refractivity contribution >= 4 is 27.5 Å². The molecule has 134 valence electrons. The van der Waals surface area contributed by atoms with E-state index in [4.69, 9.17) is 14.2 Å². The minimum Gasteiger partial charge on any atom is -0.467 e. The molecule has 0 bridgehead atoms. The highest BCUT2D eigenvalue weighted by molar-refractivity contribution is 7.18. The second-order valence-electron chi connectivity index (χ2n) is 5.90. The lowest BCUT2D eigenvalue weighted by Crippen LogP contribution is -2.15. The molecule has 3 aromatic rings. The normalized spacial score (nSPS) is 13.3. The molecule has 0 N–H and O–H groups in total. The molecule has 0 unspecified atom stereocenters. The fourth-order valence-corrected chi connectivity index (χ4v) is 3.80. The molecule has 0 saturated heterocycles. The van der Waals surface area contributed by atoms with E-state index in [9.17, 15) is 9.18 Å². The van der Waals surface area contributed by atoms with Gasteiger partial charge in [-0.2, -0.15) is 0 Å². The number of thiazole rings is 1. The van der Waals surface area contributed by atoms with E-state index in [1.54, 1.807) is 11.3 Å². The number of hydrogen-bond acceptors (Lipinski definition) is 6. The van der Waals surface area contributed by atoms with Crippen LogP contribution in [0.25, 0.3) is 10.2 Å². The Morgan fingerprint density at radius 1 is 1.31 bits per heavy atom. The molecule has 0 radical (unpaired) electrons. The van der Waals surface area contributed by atoms with Gasteiger partial charge >= 0.3 is 5.97 Å². The molecule has 7 heteroatoms. The Labute approximate surface area is 153 Å². The molecule has 0 atom stereocenters. The number of aromatic nitrogens is 1. The lowest BCUT2D eigenvalue weighted by Gasteiger charge is -2.20. The Balaban J connectivity index is 1.36. The summed E-state index contributed by atoms with van der Waals surface area (Å²) in [6.45, 7) is 0.363. The summed E-state index contributed by atoms with van der Waals surface area (Å²) >= 11 is 1.57. The van der Waals surface area contributed by atoms with Gasteiger partial charge in [0.05, 0.1) is 28.3 Å². The van der Waals surface area contributed by atoms with Crippen LogP contribution in [0.5, 0.6) is 5.75 Å². The van der Waals surface area contributed by atoms with Crippen LogP contribution in [0.4, 0.5) is 4.39 Å². The highest BCUT2D eigenvalue weighted by Crippen LogP contribution is 2.30. The summed E-state index contributed by atoms with van der Waals surface area (Å²) in [6, 6.07) is 10.5. The smallest absolute Gasteiger partial charge is 0.306 e. The van der Waals surface area contributed by atoms with Crippen LogP contribution >= 0.6 is 11.3 Å². The average molecular weight is 373 g/mol. The zero-order valence-electron chi connectivity index (χ0n) is 13.9. The number of aryl methyl sites for hydroxylation is 1. The first-order chi connectivity index (χ1) is 12.7. The van der Waals surface area contributed by atoms with Crippen molar-refractivity contribution in [3.63, 3.8) is 0 Å². The Hall–Kier alpha value is -2.51. The second-order valence-corrected chi connectivity index (χ2v) is 7.02. The molecule has 0 spiro atoms. The lowest BCUT2D eigenvalue weighted by molar-refractivity contribution is -0.145. The number of carbonyl (C=O) groups is 1. The molecule has 2 aromatic carbocycles. The van der Waals surface area contributed by atoms with Crippen LogP contribution < -0.4 is 4.74 Å². The summed E-state index contributed by atoms with van der Waals surface area (Å²) in [4.78, 5) is 16.6. The summed E-state index contributed by atoms with van der Waals surface area (Å²) in [5.41, 5.74) is 2.07. The summed E-state index contributed by atoms with van der Waals surface area (Å²) < 4.78 is 30.6. The maximum Gasteiger partial charge on any atom is 0.306 e. The van der Waals surface area contributed by atoms with Gasteiger partial charge in [-0.1, -0.05) is 12.1 Å². The highest BCUT2D eigenvalue weighted by atomic mass is 32.1. The fraction of sp³-hybridized carbons (Fsp3) is 0.263. The van der Waals surface area contributed by atoms with Crippen molar-refractivity contribution in [2.75, 3.05) is 6.79 Å². The third-order valence-corrected chi connectivity index (χ3v) is 5.12. The maximum absolute atomic E-state index is 13.7. The minimum atomic E-state index is -0.404. The molecule has 0 fully saturated rings. The van der Waals surface area contributed by atoms with Crippen LogP contribution in [0, 0.1) is 5.82 Å². The molecular weight excluding hydrogens is 357 g/mol. The minimum absolute atomic E-state index is 0.0290. The van der Waals surface area contributed by atoms with Crippen LogP contribution in [0.2, 0.25) is 0 Å². The molecule has 0 saturated carbocycles. The first-order valence-electron chi connectivity index (χ1n) is 8.21. The van der Waals surface area contributed by atoms with Gasteiger partial charge in [-0.05, 0) is 24.3 Å². The molecule has 26 heavy (non-hydrogen) atoms. The Morgan fingerprint density at radius 3 is 3.08 bits per heavy atom. The van der Waals surface area contributed by atoms with Gasteiger partial charge in [0.2, 0.25) is 0 Å². The first-order valence-corrected chi connectivity index (χ1v) is 9.02. The largest absolute Gasteiger partial charge is 0.467 e. The number of para-hydroxylation sites is 1. The van der Waals surface area contributed by atoms with Crippen molar-refractivity contribution in [3.8, 4) is 5.75 Å². The van der Waals surface area contributed by atoms with E-state index in [2.05, 4.69) is 4.98 Å². The van der Waals surface area contributed by atoms with Gasteiger partial charge in [-0.3, -0.25) is 4.79 Å². The molecule has 1 aliphatic heterocycles. The molecular formula is C19H16FNO4S. The molecule has 2 heterocycles. The summed E-state index contributed by atoms with van der Waals surface area (Å²) in [7, 11) is 0. The number of rotatable bonds is 5. The summed E-state index contributed by atoms with van der Waals surface area (Å²) in [5.74, 6) is -0.218. The second kappa shape index (κ2) is 7.39. The molecule has 1 aliphatic rings. The van der Waals surface area contributed by atoms with Gasteiger partial charge in [-0.25, -0.2) is 9.37 Å². The van der Waals surface area contributed by atoms with E-state index in [1.807, 2.05) is 24.3 Å². The number of carbonyl (C=O) groups excluding carboxylic acids is 1. The molecule has 4 rings (SSSR count). The number of hydrogen-bond donors (Lipinski definition) is 0. The van der Waals surface area contributed by atoms with Gasteiger partial charge in [-0.15, -0.1) is 11.3 Å². The number of esters is 1. The molecule has 1 aromatic heterocycles. The lowest BCUT2D eigenvalue weighted by atomic mass is 10.1. The number of ether oxygens (including phenoxy) is 3. The van der Waals surface area contributed by atoms with E-state index in [-0.39, 0.29) is 32.4 Å². The van der Waals surface area contributed by atoms with Crippen LogP contribution in [0.3, 0.4) is 0 Å². The van der Waals surface area contributed by atoms with E-state index in [0.717, 1.165) is 15.2 Å². The van der Waals surface area contributed by atoms with Gasteiger partial charge in [0.25, 0.3) is 0 Å². The van der Waals surface area contributed by atoms with E-state index in [0.29, 0.717) is 23.3 Å². The van der Waals surface area contributed by atoms with Crippen molar-refractivity contribution in [1.82, 2.24) is 4.98 Å². The van der Waals surface area contributed by atoms with Crippen LogP contribution in [0.1, 0.15) is 22.6 Å². The average Bonchev–Trinajstić information content (AvgIpc) is 3.07. The molecule has 0 amide bonds. The Kier molecular flexibility index (Phi) is 4.81. The van der Waals surface area contributed by atoms with Crippen molar-refractivity contribution in [2.24, 2.45) is 0 Å². The first kappa shape index (κ1) is 16.9. The number of benzene rings is 2. The SMILES string of the molecule is O=C(CCc1nc2ccccc2s1)OCc1cc(F)cc2c1OCOC2. The predicted molar refractivity (Wildman–Crippen MR) is 94.4 cm³/mol. The van der Waals surface area contributed by atoms with Gasteiger partial charge in [0.15, 0.2) is 6.79 Å². The number of nitrogens with zero attached hydrogens (tertiary/aromatic N) is 1. The molecule has 5 nitrogen and oxygen atoms in total. The van der Waals surface area contributed by atoms with E-state index >= 15 is 0 Å². The third kappa shape index (κ3) is 3.68. The maximum atomic E-state index is 13.7. The van der Waals surface area contributed by atoms with Crippen molar-refractivity contribution < 1.29 is 23.4 Å². The quantitative estimate of drug-likeness (QED) is 0.633. The Morgan fingerprint density at radius 2 is 2.19 bits per heavy atom. The van der Waals surface area contributed by atoms with Crippen LogP contribution in [-0.2, 0) is 33.9 Å². The standard InChI is InChI=1S/C19H16FNO4S/c20-14-7-12-9-23-11-25-19(12)13(8-14)10-24-18(22)6-5-17-21-15-3-1-2-4-16(15)26-17/h1-4,7-8H,5-6,9-11H2. The predicted octanol–water partition coefficient (Wildman–Crippen LogP) is 3.98. The van der Waals surface area contributed by atoms with Gasteiger partial charge < -0.3 is 14.2 Å².